The van der Waals surface area contributed by atoms with Crippen molar-refractivity contribution in [2.45, 2.75) is 18.7 Å². The van der Waals surface area contributed by atoms with Crippen LogP contribution in [-0.4, -0.2) is 19.9 Å². The fourth-order valence-electron chi connectivity index (χ4n) is 1.84. The van der Waals surface area contributed by atoms with Crippen LogP contribution >= 0.6 is 0 Å². The summed E-state index contributed by atoms with van der Waals surface area (Å²) in [5.41, 5.74) is 0.214. The van der Waals surface area contributed by atoms with Gasteiger partial charge in [-0.05, 0) is 42.3 Å². The van der Waals surface area contributed by atoms with Gasteiger partial charge in [0, 0.05) is 17.8 Å². The molecule has 7 nitrogen and oxygen atoms in total. The molecule has 0 amide bonds. The molecule has 0 radical (unpaired) electrons. The maximum atomic E-state index is 12.3. The highest BCUT2D eigenvalue weighted by Crippen LogP contribution is 2.21. The number of nitrogens with one attached hydrogen (secondary N) is 1. The molecule has 0 fully saturated rings. The van der Waals surface area contributed by atoms with Gasteiger partial charge in [0.15, 0.2) is 0 Å². The quantitative estimate of drug-likeness (QED) is 0.609. The fraction of sp³-hybridized carbons (Fsp3) is 0.250. The third kappa shape index (κ3) is 4.69. The molecule has 0 saturated heterocycles. The van der Waals surface area contributed by atoms with E-state index in [1.54, 1.807) is 24.3 Å². The number of anilines is 1. The highest BCUT2D eigenvalue weighted by atomic mass is 32.2. The number of hydrogen-bond donors (Lipinski definition) is 1. The molecular formula is C16H18N2O5S. The molecule has 0 atom stereocenters. The van der Waals surface area contributed by atoms with Gasteiger partial charge in [0.25, 0.3) is 15.7 Å². The highest BCUT2D eigenvalue weighted by Gasteiger charge is 2.16. The Morgan fingerprint density at radius 1 is 1.08 bits per heavy atom. The van der Waals surface area contributed by atoms with Crippen LogP contribution < -0.4 is 9.46 Å². The summed E-state index contributed by atoms with van der Waals surface area (Å²) in [6.07, 6.45) is 0. The molecule has 0 unspecified atom stereocenters. The van der Waals surface area contributed by atoms with Gasteiger partial charge in [-0.3, -0.25) is 14.8 Å². The van der Waals surface area contributed by atoms with Gasteiger partial charge in [-0.2, -0.15) is 0 Å². The second kappa shape index (κ2) is 7.31. The van der Waals surface area contributed by atoms with Crippen LogP contribution in [0.4, 0.5) is 11.4 Å². The lowest BCUT2D eigenvalue weighted by atomic mass is 10.2. The summed E-state index contributed by atoms with van der Waals surface area (Å²) in [6, 6.07) is 11.2. The summed E-state index contributed by atoms with van der Waals surface area (Å²) in [4.78, 5) is 9.98. The number of nitrogens with zero attached hydrogens (tertiary/aromatic N) is 1. The van der Waals surface area contributed by atoms with Crippen LogP contribution in [0.3, 0.4) is 0 Å². The topological polar surface area (TPSA) is 98.5 Å². The lowest BCUT2D eigenvalue weighted by molar-refractivity contribution is -0.384. The molecule has 0 aliphatic heterocycles. The van der Waals surface area contributed by atoms with Gasteiger partial charge in [0.1, 0.15) is 5.75 Å². The van der Waals surface area contributed by atoms with Gasteiger partial charge in [0.2, 0.25) is 0 Å². The van der Waals surface area contributed by atoms with E-state index < -0.39 is 14.9 Å². The zero-order chi connectivity index (χ0) is 17.7. The molecule has 0 aromatic heterocycles. The van der Waals surface area contributed by atoms with Gasteiger partial charge in [0.05, 0.1) is 16.4 Å². The molecule has 0 bridgehead atoms. The molecule has 1 N–H and O–H groups in total. The Morgan fingerprint density at radius 2 is 1.67 bits per heavy atom. The Bertz CT molecular complexity index is 799. The summed E-state index contributed by atoms with van der Waals surface area (Å²) in [7, 11) is -3.81. The van der Waals surface area contributed by atoms with Crippen molar-refractivity contribution in [1.29, 1.82) is 0 Å². The van der Waals surface area contributed by atoms with Crippen molar-refractivity contribution in [3.05, 3.63) is 58.6 Å². The number of sulfonamides is 1. The number of non-ortho nitro benzene ring substituents is 1. The average molecular weight is 350 g/mol. The van der Waals surface area contributed by atoms with Crippen molar-refractivity contribution in [3.8, 4) is 5.75 Å². The molecule has 0 heterocycles. The number of benzene rings is 2. The number of nitro benzene ring substituents is 1. The Hall–Kier alpha value is -2.61. The van der Waals surface area contributed by atoms with E-state index in [1.807, 2.05) is 13.8 Å². The minimum Gasteiger partial charge on any atom is -0.493 e. The molecule has 8 heteroatoms. The first kappa shape index (κ1) is 17.7. The van der Waals surface area contributed by atoms with Crippen molar-refractivity contribution >= 4 is 21.4 Å². The third-order valence-electron chi connectivity index (χ3n) is 3.05. The standard InChI is InChI=1S/C16H18N2O5S/c1-12(2)11-23-15-7-3-13(4-8-15)17-24(21,22)16-9-5-14(6-10-16)18(19)20/h3-10,12,17H,11H2,1-2H3. The van der Waals surface area contributed by atoms with Crippen LogP contribution in [0.25, 0.3) is 0 Å². The molecule has 0 aliphatic carbocycles. The summed E-state index contributed by atoms with van der Waals surface area (Å²) < 4.78 is 32.5. The second-order valence-electron chi connectivity index (χ2n) is 5.59. The maximum absolute atomic E-state index is 12.3. The van der Waals surface area contributed by atoms with Gasteiger partial charge >= 0.3 is 0 Å². The minimum atomic E-state index is -3.81. The van der Waals surface area contributed by atoms with Gasteiger partial charge in [-0.1, -0.05) is 13.8 Å². The van der Waals surface area contributed by atoms with Crippen LogP contribution in [0.15, 0.2) is 53.4 Å². The van der Waals surface area contributed by atoms with Crippen molar-refractivity contribution < 1.29 is 18.1 Å². The Labute approximate surface area is 140 Å². The van der Waals surface area contributed by atoms with Crippen molar-refractivity contribution in [1.82, 2.24) is 0 Å². The first-order chi connectivity index (χ1) is 11.3. The Balaban J connectivity index is 2.09. The second-order valence-corrected chi connectivity index (χ2v) is 7.27. The van der Waals surface area contributed by atoms with Crippen molar-refractivity contribution in [2.75, 3.05) is 11.3 Å². The van der Waals surface area contributed by atoms with E-state index in [0.717, 1.165) is 12.1 Å². The fourth-order valence-corrected chi connectivity index (χ4v) is 2.90. The first-order valence-corrected chi connectivity index (χ1v) is 8.76. The normalized spacial score (nSPS) is 11.3. The lowest BCUT2D eigenvalue weighted by Crippen LogP contribution is -2.13. The summed E-state index contributed by atoms with van der Waals surface area (Å²) in [6.45, 7) is 4.65. The van der Waals surface area contributed by atoms with Crippen LogP contribution in [0, 0.1) is 16.0 Å². The molecular weight excluding hydrogens is 332 g/mol. The predicted octanol–water partition coefficient (Wildman–Crippen LogP) is 3.43. The van der Waals surface area contributed by atoms with Gasteiger partial charge in [-0.15, -0.1) is 0 Å². The maximum Gasteiger partial charge on any atom is 0.269 e. The van der Waals surface area contributed by atoms with E-state index >= 15 is 0 Å². The Kier molecular flexibility index (Phi) is 5.40. The smallest absolute Gasteiger partial charge is 0.269 e. The number of ether oxygens (including phenoxy) is 1. The molecule has 0 aliphatic rings. The zero-order valence-corrected chi connectivity index (χ0v) is 14.1. The van der Waals surface area contributed by atoms with Gasteiger partial charge < -0.3 is 4.74 Å². The van der Waals surface area contributed by atoms with E-state index in [9.17, 15) is 18.5 Å². The number of rotatable bonds is 7. The summed E-state index contributed by atoms with van der Waals surface area (Å²) in [5.74, 6) is 1.05. The van der Waals surface area contributed by atoms with E-state index in [0.29, 0.717) is 24.0 Å². The van der Waals surface area contributed by atoms with Crippen LogP contribution in [0.1, 0.15) is 13.8 Å². The van der Waals surface area contributed by atoms with Crippen LogP contribution in [-0.2, 0) is 10.0 Å². The monoisotopic (exact) mass is 350 g/mol. The Morgan fingerprint density at radius 3 is 2.17 bits per heavy atom. The largest absolute Gasteiger partial charge is 0.493 e. The minimum absolute atomic E-state index is 0.0479. The van der Waals surface area contributed by atoms with E-state index in [2.05, 4.69) is 4.72 Å². The molecule has 2 rings (SSSR count). The molecule has 128 valence electrons. The number of hydrogen-bond acceptors (Lipinski definition) is 5. The first-order valence-electron chi connectivity index (χ1n) is 7.28. The highest BCUT2D eigenvalue weighted by molar-refractivity contribution is 7.92. The average Bonchev–Trinajstić information content (AvgIpc) is 2.54. The molecule has 2 aromatic rings. The SMILES string of the molecule is CC(C)COc1ccc(NS(=O)(=O)c2ccc([N+](=O)[O-])cc2)cc1. The van der Waals surface area contributed by atoms with Gasteiger partial charge in [-0.25, -0.2) is 8.42 Å². The summed E-state index contributed by atoms with van der Waals surface area (Å²) >= 11 is 0. The van der Waals surface area contributed by atoms with Crippen LogP contribution in [0.2, 0.25) is 0 Å². The van der Waals surface area contributed by atoms with E-state index in [1.165, 1.54) is 12.1 Å². The van der Waals surface area contributed by atoms with Crippen molar-refractivity contribution in [2.24, 2.45) is 5.92 Å². The molecule has 0 saturated carbocycles. The van der Waals surface area contributed by atoms with E-state index in [4.69, 9.17) is 4.74 Å². The molecule has 0 spiro atoms. The van der Waals surface area contributed by atoms with Crippen LogP contribution in [0.5, 0.6) is 5.75 Å². The molecule has 2 aromatic carbocycles. The third-order valence-corrected chi connectivity index (χ3v) is 4.44. The summed E-state index contributed by atoms with van der Waals surface area (Å²) in [5, 5.41) is 10.6. The van der Waals surface area contributed by atoms with E-state index in [-0.39, 0.29) is 10.6 Å². The van der Waals surface area contributed by atoms with Crippen molar-refractivity contribution in [3.63, 3.8) is 0 Å². The number of nitro groups is 1. The molecule has 24 heavy (non-hydrogen) atoms. The zero-order valence-electron chi connectivity index (χ0n) is 13.3. The predicted molar refractivity (Wildman–Crippen MR) is 90.7 cm³/mol. The lowest BCUT2D eigenvalue weighted by Gasteiger charge is -2.11.